The number of rotatable bonds is 4. The molecule has 2 aliphatic heterocycles. The number of anilines is 1. The first-order valence-electron chi connectivity index (χ1n) is 10.1. The van der Waals surface area contributed by atoms with E-state index in [1.165, 1.54) is 26.2 Å². The van der Waals surface area contributed by atoms with Crippen molar-refractivity contribution in [1.82, 2.24) is 9.21 Å². The number of ether oxygens (including phenoxy) is 1. The van der Waals surface area contributed by atoms with Crippen molar-refractivity contribution >= 4 is 27.7 Å². The zero-order chi connectivity index (χ0) is 23.0. The van der Waals surface area contributed by atoms with Gasteiger partial charge in [0.15, 0.2) is 0 Å². The van der Waals surface area contributed by atoms with Crippen molar-refractivity contribution in [3.05, 3.63) is 24.0 Å². The zero-order valence-corrected chi connectivity index (χ0v) is 18.7. The lowest BCUT2D eigenvalue weighted by molar-refractivity contribution is -0.117. The van der Waals surface area contributed by atoms with Crippen molar-refractivity contribution in [3.63, 3.8) is 0 Å². The molecule has 2 amide bonds. The van der Waals surface area contributed by atoms with E-state index in [4.69, 9.17) is 4.74 Å². The van der Waals surface area contributed by atoms with Crippen LogP contribution in [0.3, 0.4) is 0 Å². The maximum absolute atomic E-state index is 14.8. The molecule has 3 rings (SSSR count). The predicted molar refractivity (Wildman–Crippen MR) is 111 cm³/mol. The first kappa shape index (κ1) is 23.4. The van der Waals surface area contributed by atoms with Crippen molar-refractivity contribution in [2.24, 2.45) is 0 Å². The third kappa shape index (κ3) is 4.99. The molecule has 31 heavy (non-hydrogen) atoms. The van der Waals surface area contributed by atoms with Crippen LogP contribution in [0.5, 0.6) is 0 Å². The van der Waals surface area contributed by atoms with Crippen molar-refractivity contribution in [2.45, 2.75) is 50.2 Å². The summed E-state index contributed by atoms with van der Waals surface area (Å²) in [5, 5.41) is 9.43. The van der Waals surface area contributed by atoms with Crippen LogP contribution in [0.4, 0.5) is 14.9 Å². The molecule has 0 aliphatic carbocycles. The summed E-state index contributed by atoms with van der Waals surface area (Å²) in [6.07, 6.45) is 0.109. The lowest BCUT2D eigenvalue weighted by atomic mass is 10.2. The third-order valence-corrected chi connectivity index (χ3v) is 7.14. The molecule has 2 heterocycles. The monoisotopic (exact) mass is 457 g/mol. The van der Waals surface area contributed by atoms with Gasteiger partial charge in [0, 0.05) is 32.6 Å². The summed E-state index contributed by atoms with van der Waals surface area (Å²) >= 11 is 0. The van der Waals surface area contributed by atoms with E-state index in [0.29, 0.717) is 6.42 Å². The standard InChI is InChI=1S/C20H28FN3O6S/c1-20(2,3)30-19(27)22-8-10-23(11-9-22)31(28,29)15-5-6-17(16(21)12-15)24-14(13-25)4-7-18(24)26/h5-6,12,14,25H,4,7-11,13H2,1-3H3. The molecule has 0 saturated carbocycles. The Morgan fingerprint density at radius 1 is 1.23 bits per heavy atom. The molecule has 0 bridgehead atoms. The molecule has 11 heteroatoms. The van der Waals surface area contributed by atoms with Crippen LogP contribution in [0.25, 0.3) is 0 Å². The van der Waals surface area contributed by atoms with E-state index in [1.807, 2.05) is 0 Å². The number of carbonyl (C=O) groups is 2. The highest BCUT2D eigenvalue weighted by molar-refractivity contribution is 7.89. The van der Waals surface area contributed by atoms with E-state index in [1.54, 1.807) is 20.8 Å². The number of nitrogens with zero attached hydrogens (tertiary/aromatic N) is 3. The lowest BCUT2D eigenvalue weighted by Crippen LogP contribution is -2.51. The summed E-state index contributed by atoms with van der Waals surface area (Å²) in [7, 11) is -3.98. The van der Waals surface area contributed by atoms with Crippen molar-refractivity contribution in [1.29, 1.82) is 0 Å². The molecule has 1 unspecified atom stereocenters. The number of aliphatic hydroxyl groups is 1. The quantitative estimate of drug-likeness (QED) is 0.735. The molecule has 1 aromatic rings. The molecule has 2 aliphatic rings. The smallest absolute Gasteiger partial charge is 0.410 e. The largest absolute Gasteiger partial charge is 0.444 e. The highest BCUT2D eigenvalue weighted by Gasteiger charge is 2.35. The minimum Gasteiger partial charge on any atom is -0.444 e. The number of aliphatic hydroxyl groups excluding tert-OH is 1. The molecule has 2 fully saturated rings. The van der Waals surface area contributed by atoms with Gasteiger partial charge in [0.05, 0.1) is 23.2 Å². The third-order valence-electron chi connectivity index (χ3n) is 5.24. The highest BCUT2D eigenvalue weighted by atomic mass is 32.2. The molecule has 0 spiro atoms. The number of hydrogen-bond donors (Lipinski definition) is 1. The first-order chi connectivity index (χ1) is 14.4. The molecule has 0 radical (unpaired) electrons. The van der Waals surface area contributed by atoms with Gasteiger partial charge in [-0.3, -0.25) is 4.79 Å². The summed E-state index contributed by atoms with van der Waals surface area (Å²) in [6, 6.07) is 2.88. The van der Waals surface area contributed by atoms with Crippen LogP contribution >= 0.6 is 0 Å². The molecule has 2 saturated heterocycles. The number of benzene rings is 1. The van der Waals surface area contributed by atoms with Crippen molar-refractivity contribution in [3.8, 4) is 0 Å². The Balaban J connectivity index is 1.72. The van der Waals surface area contributed by atoms with Gasteiger partial charge in [-0.25, -0.2) is 17.6 Å². The molecule has 1 atom stereocenters. The predicted octanol–water partition coefficient (Wildman–Crippen LogP) is 1.55. The summed E-state index contributed by atoms with van der Waals surface area (Å²) in [4.78, 5) is 26.6. The second kappa shape index (κ2) is 8.71. The van der Waals surface area contributed by atoms with Gasteiger partial charge in [-0.15, -0.1) is 0 Å². The minimum absolute atomic E-state index is 0.0461. The van der Waals surface area contributed by atoms with Gasteiger partial charge in [-0.1, -0.05) is 0 Å². The van der Waals surface area contributed by atoms with Crippen molar-refractivity contribution in [2.75, 3.05) is 37.7 Å². The van der Waals surface area contributed by atoms with Crippen LogP contribution in [-0.4, -0.2) is 79.2 Å². The van der Waals surface area contributed by atoms with Crippen LogP contribution in [0, 0.1) is 5.82 Å². The van der Waals surface area contributed by atoms with E-state index in [2.05, 4.69) is 0 Å². The number of halogens is 1. The fourth-order valence-corrected chi connectivity index (χ4v) is 5.11. The molecular formula is C20H28FN3O6S. The summed E-state index contributed by atoms with van der Waals surface area (Å²) in [6.45, 7) is 5.40. The van der Waals surface area contributed by atoms with Crippen LogP contribution in [0.15, 0.2) is 23.1 Å². The minimum atomic E-state index is -3.98. The van der Waals surface area contributed by atoms with Gasteiger partial charge in [-0.05, 0) is 45.4 Å². The molecule has 9 nitrogen and oxygen atoms in total. The molecule has 0 aromatic heterocycles. The summed E-state index contributed by atoms with van der Waals surface area (Å²) in [5.41, 5.74) is -0.694. The Bertz CT molecular complexity index is 954. The zero-order valence-electron chi connectivity index (χ0n) is 17.9. The Morgan fingerprint density at radius 2 is 1.87 bits per heavy atom. The Kier molecular flexibility index (Phi) is 6.59. The number of carbonyl (C=O) groups excluding carboxylic acids is 2. The van der Waals surface area contributed by atoms with Crippen LogP contribution in [0.2, 0.25) is 0 Å². The van der Waals surface area contributed by atoms with Gasteiger partial charge in [0.2, 0.25) is 15.9 Å². The van der Waals surface area contributed by atoms with Gasteiger partial charge in [0.25, 0.3) is 0 Å². The average Bonchev–Trinajstić information content (AvgIpc) is 3.07. The van der Waals surface area contributed by atoms with E-state index in [-0.39, 0.29) is 55.7 Å². The van der Waals surface area contributed by atoms with Gasteiger partial charge >= 0.3 is 6.09 Å². The SMILES string of the molecule is CC(C)(C)OC(=O)N1CCN(S(=O)(=O)c2ccc(N3C(=O)CCC3CO)c(F)c2)CC1. The van der Waals surface area contributed by atoms with Gasteiger partial charge in [-0.2, -0.15) is 4.31 Å². The fourth-order valence-electron chi connectivity index (χ4n) is 3.68. The number of hydrogen-bond acceptors (Lipinski definition) is 6. The second-order valence-corrected chi connectivity index (χ2v) is 10.6. The molecule has 1 N–H and O–H groups in total. The van der Waals surface area contributed by atoms with Gasteiger partial charge in [0.1, 0.15) is 11.4 Å². The molecular weight excluding hydrogens is 429 g/mol. The topological polar surface area (TPSA) is 107 Å². The average molecular weight is 458 g/mol. The van der Waals surface area contributed by atoms with Crippen LogP contribution in [0.1, 0.15) is 33.6 Å². The van der Waals surface area contributed by atoms with Gasteiger partial charge < -0.3 is 19.6 Å². The number of amides is 2. The molecule has 172 valence electrons. The van der Waals surface area contributed by atoms with Crippen LogP contribution < -0.4 is 4.90 Å². The fraction of sp³-hybridized carbons (Fsp3) is 0.600. The Labute approximate surface area is 181 Å². The Morgan fingerprint density at radius 3 is 2.42 bits per heavy atom. The van der Waals surface area contributed by atoms with E-state index < -0.39 is 33.6 Å². The number of piperazine rings is 1. The van der Waals surface area contributed by atoms with Crippen molar-refractivity contribution < 1.29 is 32.2 Å². The van der Waals surface area contributed by atoms with E-state index in [9.17, 15) is 27.5 Å². The van der Waals surface area contributed by atoms with E-state index in [0.717, 1.165) is 6.07 Å². The van der Waals surface area contributed by atoms with Crippen LogP contribution in [-0.2, 0) is 19.6 Å². The first-order valence-corrected chi connectivity index (χ1v) is 11.6. The Hall–Kier alpha value is -2.24. The second-order valence-electron chi connectivity index (χ2n) is 8.62. The maximum Gasteiger partial charge on any atom is 0.410 e. The van der Waals surface area contributed by atoms with E-state index >= 15 is 0 Å². The lowest BCUT2D eigenvalue weighted by Gasteiger charge is -2.35. The maximum atomic E-state index is 14.8. The summed E-state index contributed by atoms with van der Waals surface area (Å²) in [5.74, 6) is -1.16. The normalized spacial score (nSPS) is 20.9. The summed E-state index contributed by atoms with van der Waals surface area (Å²) < 4.78 is 47.2. The number of sulfonamides is 1. The molecule has 1 aromatic carbocycles. The highest BCUT2D eigenvalue weighted by Crippen LogP contribution is 2.31.